The van der Waals surface area contributed by atoms with Crippen LogP contribution in [-0.2, 0) is 6.42 Å². The van der Waals surface area contributed by atoms with Crippen molar-refractivity contribution in [3.05, 3.63) is 70.4 Å². The van der Waals surface area contributed by atoms with Crippen LogP contribution in [0.2, 0.25) is 0 Å². The van der Waals surface area contributed by atoms with Crippen molar-refractivity contribution in [2.45, 2.75) is 6.42 Å². The molecule has 0 fully saturated rings. The van der Waals surface area contributed by atoms with Crippen LogP contribution in [0.1, 0.15) is 11.5 Å². The van der Waals surface area contributed by atoms with E-state index in [0.29, 0.717) is 23.2 Å². The Labute approximate surface area is 115 Å². The molecule has 0 saturated heterocycles. The quantitative estimate of drug-likeness (QED) is 0.732. The molecule has 1 aromatic heterocycles. The van der Waals surface area contributed by atoms with Crippen molar-refractivity contribution < 1.29 is 9.15 Å². The molecule has 0 radical (unpaired) electrons. The van der Waals surface area contributed by atoms with E-state index in [2.05, 4.69) is 4.98 Å². The standard InChI is InChI=1S/C16H13NO3/c1-19-12-8-6-11(7-9-12)10-15-17-14-5-3-2-4-13(14)16(18)20-15/h2-9H,10H2,1H3. The fraction of sp³-hybridized carbons (Fsp3) is 0.125. The van der Waals surface area contributed by atoms with Crippen molar-refractivity contribution in [2.75, 3.05) is 7.11 Å². The van der Waals surface area contributed by atoms with E-state index >= 15 is 0 Å². The highest BCUT2D eigenvalue weighted by atomic mass is 16.5. The van der Waals surface area contributed by atoms with Gasteiger partial charge in [0, 0.05) is 6.42 Å². The second kappa shape index (κ2) is 5.17. The third-order valence-corrected chi connectivity index (χ3v) is 3.09. The van der Waals surface area contributed by atoms with Crippen LogP contribution in [-0.4, -0.2) is 12.1 Å². The number of para-hydroxylation sites is 1. The lowest BCUT2D eigenvalue weighted by Crippen LogP contribution is -2.05. The maximum Gasteiger partial charge on any atom is 0.346 e. The minimum absolute atomic E-state index is 0.348. The van der Waals surface area contributed by atoms with Crippen molar-refractivity contribution in [3.63, 3.8) is 0 Å². The minimum atomic E-state index is -0.348. The molecule has 0 aliphatic rings. The molecule has 3 aromatic rings. The molecule has 0 bridgehead atoms. The van der Waals surface area contributed by atoms with E-state index in [9.17, 15) is 4.79 Å². The van der Waals surface area contributed by atoms with Crippen molar-refractivity contribution in [1.29, 1.82) is 0 Å². The first-order chi connectivity index (χ1) is 9.76. The van der Waals surface area contributed by atoms with E-state index in [-0.39, 0.29) is 5.63 Å². The molecule has 0 N–H and O–H groups in total. The summed E-state index contributed by atoms with van der Waals surface area (Å²) in [6.45, 7) is 0. The van der Waals surface area contributed by atoms with Crippen LogP contribution in [0.4, 0.5) is 0 Å². The maximum atomic E-state index is 11.9. The number of hydrogen-bond acceptors (Lipinski definition) is 4. The summed E-state index contributed by atoms with van der Waals surface area (Å²) >= 11 is 0. The zero-order valence-electron chi connectivity index (χ0n) is 11.0. The summed E-state index contributed by atoms with van der Waals surface area (Å²) in [7, 11) is 1.62. The van der Waals surface area contributed by atoms with Crippen molar-refractivity contribution >= 4 is 10.9 Å². The summed E-state index contributed by atoms with van der Waals surface area (Å²) in [5.74, 6) is 1.21. The van der Waals surface area contributed by atoms with Gasteiger partial charge in [-0.3, -0.25) is 0 Å². The number of ether oxygens (including phenoxy) is 1. The van der Waals surface area contributed by atoms with Crippen LogP contribution in [0.25, 0.3) is 10.9 Å². The van der Waals surface area contributed by atoms with E-state index in [1.165, 1.54) is 0 Å². The molecule has 2 aromatic carbocycles. The molecule has 0 aliphatic heterocycles. The number of nitrogens with zero attached hydrogens (tertiary/aromatic N) is 1. The summed E-state index contributed by atoms with van der Waals surface area (Å²) in [5, 5.41) is 0.506. The Balaban J connectivity index is 1.96. The zero-order chi connectivity index (χ0) is 13.9. The first kappa shape index (κ1) is 12.4. The second-order valence-corrected chi connectivity index (χ2v) is 4.44. The van der Waals surface area contributed by atoms with Gasteiger partial charge in [0.2, 0.25) is 5.89 Å². The molecule has 4 nitrogen and oxygen atoms in total. The zero-order valence-corrected chi connectivity index (χ0v) is 11.0. The second-order valence-electron chi connectivity index (χ2n) is 4.44. The molecular formula is C16H13NO3. The largest absolute Gasteiger partial charge is 0.497 e. The van der Waals surface area contributed by atoms with E-state index < -0.39 is 0 Å². The third-order valence-electron chi connectivity index (χ3n) is 3.09. The summed E-state index contributed by atoms with van der Waals surface area (Å²) in [6.07, 6.45) is 0.476. The predicted molar refractivity (Wildman–Crippen MR) is 76.1 cm³/mol. The number of benzene rings is 2. The lowest BCUT2D eigenvalue weighted by atomic mass is 10.1. The fourth-order valence-electron chi connectivity index (χ4n) is 2.06. The van der Waals surface area contributed by atoms with E-state index in [4.69, 9.17) is 9.15 Å². The van der Waals surface area contributed by atoms with Gasteiger partial charge < -0.3 is 9.15 Å². The monoisotopic (exact) mass is 267 g/mol. The number of rotatable bonds is 3. The van der Waals surface area contributed by atoms with Crippen LogP contribution < -0.4 is 10.4 Å². The van der Waals surface area contributed by atoms with E-state index in [0.717, 1.165) is 11.3 Å². The Hall–Kier alpha value is -2.62. The smallest absolute Gasteiger partial charge is 0.346 e. The molecule has 20 heavy (non-hydrogen) atoms. The van der Waals surface area contributed by atoms with Gasteiger partial charge in [0.15, 0.2) is 0 Å². The van der Waals surface area contributed by atoms with Crippen LogP contribution in [0.15, 0.2) is 57.7 Å². The van der Waals surface area contributed by atoms with Crippen LogP contribution in [0, 0.1) is 0 Å². The molecule has 0 amide bonds. The summed E-state index contributed by atoms with van der Waals surface area (Å²) in [5.41, 5.74) is 1.32. The Morgan fingerprint density at radius 3 is 2.60 bits per heavy atom. The van der Waals surface area contributed by atoms with E-state index in [1.54, 1.807) is 19.2 Å². The SMILES string of the molecule is COc1ccc(Cc2nc3ccccc3c(=O)o2)cc1. The Kier molecular flexibility index (Phi) is 3.21. The Morgan fingerprint density at radius 1 is 1.10 bits per heavy atom. The fourth-order valence-corrected chi connectivity index (χ4v) is 2.06. The Bertz CT molecular complexity index is 791. The number of fused-ring (bicyclic) bond motifs is 1. The van der Waals surface area contributed by atoms with Crippen LogP contribution in [0.3, 0.4) is 0 Å². The average molecular weight is 267 g/mol. The lowest BCUT2D eigenvalue weighted by molar-refractivity contribution is 0.414. The number of aromatic nitrogens is 1. The highest BCUT2D eigenvalue weighted by Gasteiger charge is 2.06. The molecule has 4 heteroatoms. The maximum absolute atomic E-state index is 11.9. The highest BCUT2D eigenvalue weighted by molar-refractivity contribution is 5.76. The van der Waals surface area contributed by atoms with Crippen LogP contribution >= 0.6 is 0 Å². The van der Waals surface area contributed by atoms with Gasteiger partial charge in [-0.15, -0.1) is 0 Å². The predicted octanol–water partition coefficient (Wildman–Crippen LogP) is 2.79. The first-order valence-electron chi connectivity index (χ1n) is 6.28. The van der Waals surface area contributed by atoms with Gasteiger partial charge in [-0.1, -0.05) is 24.3 Å². The summed E-state index contributed by atoms with van der Waals surface area (Å²) in [4.78, 5) is 16.2. The highest BCUT2D eigenvalue weighted by Crippen LogP contribution is 2.15. The average Bonchev–Trinajstić information content (AvgIpc) is 2.48. The summed E-state index contributed by atoms with van der Waals surface area (Å²) < 4.78 is 10.4. The van der Waals surface area contributed by atoms with E-state index in [1.807, 2.05) is 36.4 Å². The normalized spacial score (nSPS) is 10.7. The van der Waals surface area contributed by atoms with Crippen LogP contribution in [0.5, 0.6) is 5.75 Å². The molecular weight excluding hydrogens is 254 g/mol. The molecule has 3 rings (SSSR count). The lowest BCUT2D eigenvalue weighted by Gasteiger charge is -2.03. The number of hydrogen-bond donors (Lipinski definition) is 0. The van der Waals surface area contributed by atoms with Gasteiger partial charge >= 0.3 is 5.63 Å². The molecule has 0 unspecified atom stereocenters. The van der Waals surface area contributed by atoms with Gasteiger partial charge in [-0.05, 0) is 29.8 Å². The van der Waals surface area contributed by atoms with Gasteiger partial charge in [0.05, 0.1) is 18.0 Å². The molecule has 0 saturated carbocycles. The third kappa shape index (κ3) is 2.40. The summed E-state index contributed by atoms with van der Waals surface area (Å²) in [6, 6.07) is 14.8. The Morgan fingerprint density at radius 2 is 1.85 bits per heavy atom. The topological polar surface area (TPSA) is 52.3 Å². The number of methoxy groups -OCH3 is 1. The molecule has 0 atom stereocenters. The molecule has 100 valence electrons. The minimum Gasteiger partial charge on any atom is -0.497 e. The molecule has 1 heterocycles. The van der Waals surface area contributed by atoms with Gasteiger partial charge in [0.1, 0.15) is 5.75 Å². The molecule has 0 aliphatic carbocycles. The van der Waals surface area contributed by atoms with Crippen molar-refractivity contribution in [1.82, 2.24) is 4.98 Å². The first-order valence-corrected chi connectivity index (χ1v) is 6.28. The van der Waals surface area contributed by atoms with Gasteiger partial charge in [0.25, 0.3) is 0 Å². The van der Waals surface area contributed by atoms with Crippen molar-refractivity contribution in [3.8, 4) is 5.75 Å². The van der Waals surface area contributed by atoms with Crippen molar-refractivity contribution in [2.24, 2.45) is 0 Å². The van der Waals surface area contributed by atoms with Gasteiger partial charge in [-0.25, -0.2) is 9.78 Å². The van der Waals surface area contributed by atoms with Gasteiger partial charge in [-0.2, -0.15) is 0 Å². The molecule has 0 spiro atoms.